The maximum absolute atomic E-state index is 10.4. The molecule has 0 aromatic carbocycles. The van der Waals surface area contributed by atoms with Crippen molar-refractivity contribution in [1.82, 2.24) is 0 Å². The lowest BCUT2D eigenvalue weighted by atomic mass is 10.5. The molecule has 0 aliphatic carbocycles. The Balaban J connectivity index is 3.27. The van der Waals surface area contributed by atoms with Gasteiger partial charge < -0.3 is 9.84 Å². The van der Waals surface area contributed by atoms with E-state index in [1.54, 1.807) is 0 Å². The van der Waals surface area contributed by atoms with Crippen LogP contribution in [0.2, 0.25) is 0 Å². The van der Waals surface area contributed by atoms with E-state index in [0.717, 1.165) is 0 Å². The summed E-state index contributed by atoms with van der Waals surface area (Å²) in [5, 5.41) is 8.46. The summed E-state index contributed by atoms with van der Waals surface area (Å²) < 4.78 is 4.32. The van der Waals surface area contributed by atoms with Crippen LogP contribution in [0.3, 0.4) is 0 Å². The summed E-state index contributed by atoms with van der Waals surface area (Å²) in [4.78, 5) is 10.4. The zero-order chi connectivity index (χ0) is 7.28. The molecule has 0 spiro atoms. The Morgan fingerprint density at radius 2 is 2.44 bits per heavy atom. The second-order valence-corrected chi connectivity index (χ2v) is 1.91. The van der Waals surface area contributed by atoms with Gasteiger partial charge in [-0.15, -0.1) is 11.6 Å². The predicted molar refractivity (Wildman–Crippen MR) is 33.1 cm³/mol. The molecule has 0 heterocycles. The Kier molecular flexibility index (Phi) is 4.44. The summed E-state index contributed by atoms with van der Waals surface area (Å²) in [6.45, 7) is 1.37. The molecule has 0 radical (unpaired) electrons. The van der Waals surface area contributed by atoms with Crippen molar-refractivity contribution in [3.8, 4) is 0 Å². The summed E-state index contributed by atoms with van der Waals surface area (Å²) in [6, 6.07) is 0. The summed E-state index contributed by atoms with van der Waals surface area (Å²) in [5.41, 5.74) is 0. The van der Waals surface area contributed by atoms with Gasteiger partial charge in [-0.05, 0) is 6.92 Å². The van der Waals surface area contributed by atoms with Gasteiger partial charge >= 0.3 is 5.97 Å². The van der Waals surface area contributed by atoms with Crippen LogP contribution >= 0.6 is 11.6 Å². The third-order valence-electron chi connectivity index (χ3n) is 0.601. The molecule has 4 heteroatoms. The van der Waals surface area contributed by atoms with Gasteiger partial charge in [0, 0.05) is 5.88 Å². The third kappa shape index (κ3) is 5.59. The normalized spacial score (nSPS) is 12.8. The molecule has 0 fully saturated rings. The van der Waals surface area contributed by atoms with Gasteiger partial charge in [0.25, 0.3) is 0 Å². The van der Waals surface area contributed by atoms with E-state index in [1.807, 2.05) is 0 Å². The summed E-state index contributed by atoms with van der Waals surface area (Å²) in [5.74, 6) is -0.244. The van der Waals surface area contributed by atoms with E-state index >= 15 is 0 Å². The maximum Gasteiger partial charge on any atom is 0.309 e. The molecule has 0 aliphatic rings. The fourth-order valence-electron chi connectivity index (χ4n) is 0.326. The van der Waals surface area contributed by atoms with Crippen molar-refractivity contribution < 1.29 is 14.6 Å². The van der Waals surface area contributed by atoms with Crippen LogP contribution in [0.5, 0.6) is 0 Å². The van der Waals surface area contributed by atoms with E-state index in [4.69, 9.17) is 16.7 Å². The van der Waals surface area contributed by atoms with Gasteiger partial charge in [-0.2, -0.15) is 0 Å². The molecular formula is C5H9ClO3. The fraction of sp³-hybridized carbons (Fsp3) is 0.800. The zero-order valence-electron chi connectivity index (χ0n) is 5.13. The van der Waals surface area contributed by atoms with Crippen molar-refractivity contribution in [3.63, 3.8) is 0 Å². The molecule has 3 nitrogen and oxygen atoms in total. The molecule has 9 heavy (non-hydrogen) atoms. The second kappa shape index (κ2) is 4.58. The minimum atomic E-state index is -1.03. The largest absolute Gasteiger partial charge is 0.436 e. The van der Waals surface area contributed by atoms with Gasteiger partial charge in [0.05, 0.1) is 6.42 Å². The quantitative estimate of drug-likeness (QED) is 0.364. The highest BCUT2D eigenvalue weighted by Gasteiger charge is 2.03. The van der Waals surface area contributed by atoms with Crippen molar-refractivity contribution in [3.05, 3.63) is 0 Å². The van der Waals surface area contributed by atoms with E-state index in [9.17, 15) is 4.79 Å². The standard InChI is InChI=1S/C5H9ClO3/c1-4(7)9-5(8)2-3-6/h4,7H,2-3H2,1H3. The monoisotopic (exact) mass is 152 g/mol. The average Bonchev–Trinajstić information content (AvgIpc) is 1.63. The molecule has 1 unspecified atom stereocenters. The zero-order valence-corrected chi connectivity index (χ0v) is 5.89. The molecule has 0 amide bonds. The lowest BCUT2D eigenvalue weighted by molar-refractivity contribution is -0.164. The molecule has 0 bridgehead atoms. The van der Waals surface area contributed by atoms with Crippen molar-refractivity contribution in [2.45, 2.75) is 19.6 Å². The molecule has 0 saturated heterocycles. The van der Waals surface area contributed by atoms with Gasteiger partial charge in [-0.3, -0.25) is 4.79 Å². The Bertz CT molecular complexity index is 92.2. The minimum Gasteiger partial charge on any atom is -0.436 e. The topological polar surface area (TPSA) is 46.5 Å². The van der Waals surface area contributed by atoms with Gasteiger partial charge in [-0.25, -0.2) is 0 Å². The van der Waals surface area contributed by atoms with Crippen LogP contribution in [-0.4, -0.2) is 23.2 Å². The Morgan fingerprint density at radius 3 is 2.78 bits per heavy atom. The van der Waals surface area contributed by atoms with Crippen molar-refractivity contribution >= 4 is 17.6 Å². The number of alkyl halides is 1. The van der Waals surface area contributed by atoms with Crippen LogP contribution < -0.4 is 0 Å². The first-order valence-corrected chi connectivity index (χ1v) is 3.13. The van der Waals surface area contributed by atoms with Crippen molar-refractivity contribution in [2.24, 2.45) is 0 Å². The Hall–Kier alpha value is -0.280. The number of ether oxygens (including phenoxy) is 1. The van der Waals surface area contributed by atoms with Crippen LogP contribution in [0.25, 0.3) is 0 Å². The van der Waals surface area contributed by atoms with Crippen LogP contribution in [0, 0.1) is 0 Å². The Labute approximate surface area is 58.6 Å². The number of hydrogen-bond donors (Lipinski definition) is 1. The highest BCUT2D eigenvalue weighted by Crippen LogP contribution is 1.92. The van der Waals surface area contributed by atoms with E-state index in [1.165, 1.54) is 6.92 Å². The lowest BCUT2D eigenvalue weighted by Gasteiger charge is -2.04. The van der Waals surface area contributed by atoms with Crippen LogP contribution in [0.1, 0.15) is 13.3 Å². The molecule has 1 N–H and O–H groups in total. The molecule has 0 aromatic rings. The molecule has 54 valence electrons. The third-order valence-corrected chi connectivity index (χ3v) is 0.790. The number of halogens is 1. The minimum absolute atomic E-state index is 0.145. The number of aliphatic hydroxyl groups excluding tert-OH is 1. The number of carbonyl (C=O) groups is 1. The van der Waals surface area contributed by atoms with E-state index < -0.39 is 12.3 Å². The van der Waals surface area contributed by atoms with Crippen LogP contribution in [0.15, 0.2) is 0 Å². The maximum atomic E-state index is 10.4. The van der Waals surface area contributed by atoms with Crippen molar-refractivity contribution in [1.29, 1.82) is 0 Å². The summed E-state index contributed by atoms with van der Waals surface area (Å²) >= 11 is 5.20. The molecule has 0 saturated carbocycles. The van der Waals surface area contributed by atoms with Crippen molar-refractivity contribution in [2.75, 3.05) is 5.88 Å². The fourth-order valence-corrected chi connectivity index (χ4v) is 0.481. The second-order valence-electron chi connectivity index (χ2n) is 1.53. The molecule has 0 aromatic heterocycles. The average molecular weight is 153 g/mol. The first-order chi connectivity index (χ1) is 4.16. The SMILES string of the molecule is CC(O)OC(=O)CCCl. The van der Waals surface area contributed by atoms with Crippen LogP contribution in [0.4, 0.5) is 0 Å². The Morgan fingerprint density at radius 1 is 1.89 bits per heavy atom. The molecule has 0 rings (SSSR count). The summed E-state index contributed by atoms with van der Waals surface area (Å²) in [7, 11) is 0. The number of rotatable bonds is 3. The van der Waals surface area contributed by atoms with Gasteiger partial charge in [0.15, 0.2) is 6.29 Å². The first-order valence-electron chi connectivity index (χ1n) is 2.60. The van der Waals surface area contributed by atoms with Crippen LogP contribution in [-0.2, 0) is 9.53 Å². The van der Waals surface area contributed by atoms with E-state index in [2.05, 4.69) is 4.74 Å². The highest BCUT2D eigenvalue weighted by molar-refractivity contribution is 6.18. The number of carbonyl (C=O) groups excluding carboxylic acids is 1. The highest BCUT2D eigenvalue weighted by atomic mass is 35.5. The summed E-state index contributed by atoms with van der Waals surface area (Å²) in [6.07, 6.45) is -0.882. The molecular weight excluding hydrogens is 144 g/mol. The number of aliphatic hydroxyl groups is 1. The van der Waals surface area contributed by atoms with E-state index in [0.29, 0.717) is 0 Å². The lowest BCUT2D eigenvalue weighted by Crippen LogP contribution is -2.13. The van der Waals surface area contributed by atoms with E-state index in [-0.39, 0.29) is 12.3 Å². The van der Waals surface area contributed by atoms with Gasteiger partial charge in [-0.1, -0.05) is 0 Å². The smallest absolute Gasteiger partial charge is 0.309 e. The molecule has 1 atom stereocenters. The first kappa shape index (κ1) is 8.72. The number of esters is 1. The van der Waals surface area contributed by atoms with Gasteiger partial charge in [0.1, 0.15) is 0 Å². The predicted octanol–water partition coefficient (Wildman–Crippen LogP) is 0.497. The van der Waals surface area contributed by atoms with Gasteiger partial charge in [0.2, 0.25) is 0 Å². The molecule has 0 aliphatic heterocycles. The number of hydrogen-bond acceptors (Lipinski definition) is 3.